The van der Waals surface area contributed by atoms with E-state index in [1.165, 1.54) is 0 Å². The van der Waals surface area contributed by atoms with Gasteiger partial charge in [-0.2, -0.15) is 5.10 Å². The van der Waals surface area contributed by atoms with Crippen LogP contribution in [0.5, 0.6) is 0 Å². The molecular formula is C15H26N4O. The first-order valence-electron chi connectivity index (χ1n) is 7.49. The lowest BCUT2D eigenvalue weighted by Gasteiger charge is -2.33. The number of carbonyl (C=O) groups excluding carboxylic acids is 1. The second kappa shape index (κ2) is 5.95. The number of piperidine rings is 1. The van der Waals surface area contributed by atoms with Crippen LogP contribution in [0.4, 0.5) is 0 Å². The molecule has 1 aromatic rings. The summed E-state index contributed by atoms with van der Waals surface area (Å²) in [5.74, 6) is 0.961. The third-order valence-corrected chi connectivity index (χ3v) is 4.30. The zero-order chi connectivity index (χ0) is 14.9. The van der Waals surface area contributed by atoms with Crippen LogP contribution in [0.2, 0.25) is 0 Å². The second-order valence-electron chi connectivity index (χ2n) is 6.22. The predicted octanol–water partition coefficient (Wildman–Crippen LogP) is 1.74. The molecule has 2 heterocycles. The molecule has 1 aliphatic rings. The van der Waals surface area contributed by atoms with Gasteiger partial charge in [0.25, 0.3) is 5.91 Å². The van der Waals surface area contributed by atoms with Crippen molar-refractivity contribution in [2.24, 2.45) is 18.7 Å². The summed E-state index contributed by atoms with van der Waals surface area (Å²) in [6.07, 6.45) is 1.99. The van der Waals surface area contributed by atoms with Crippen molar-refractivity contribution in [3.63, 3.8) is 0 Å². The summed E-state index contributed by atoms with van der Waals surface area (Å²) < 4.78 is 1.81. The number of rotatable bonds is 3. The van der Waals surface area contributed by atoms with Crippen molar-refractivity contribution in [1.82, 2.24) is 14.7 Å². The van der Waals surface area contributed by atoms with Crippen molar-refractivity contribution < 1.29 is 4.79 Å². The van der Waals surface area contributed by atoms with Crippen molar-refractivity contribution in [2.75, 3.05) is 13.1 Å². The monoisotopic (exact) mass is 278 g/mol. The summed E-state index contributed by atoms with van der Waals surface area (Å²) in [5.41, 5.74) is 7.60. The third kappa shape index (κ3) is 3.03. The molecule has 2 N–H and O–H groups in total. The molecule has 0 aliphatic carbocycles. The maximum Gasteiger partial charge on any atom is 0.274 e. The highest BCUT2D eigenvalue weighted by atomic mass is 16.2. The number of likely N-dealkylation sites (tertiary alicyclic amines) is 1. The first kappa shape index (κ1) is 15.0. The Hall–Kier alpha value is -1.36. The predicted molar refractivity (Wildman–Crippen MR) is 79.6 cm³/mol. The van der Waals surface area contributed by atoms with E-state index in [9.17, 15) is 4.79 Å². The average molecular weight is 278 g/mol. The highest BCUT2D eigenvalue weighted by Gasteiger charge is 2.27. The minimum absolute atomic E-state index is 0.0515. The van der Waals surface area contributed by atoms with Gasteiger partial charge in [-0.15, -0.1) is 0 Å². The van der Waals surface area contributed by atoms with E-state index in [2.05, 4.69) is 25.9 Å². The number of carbonyl (C=O) groups is 1. The molecule has 0 spiro atoms. The minimum atomic E-state index is 0.0515. The van der Waals surface area contributed by atoms with Crippen molar-refractivity contribution in [2.45, 2.75) is 45.6 Å². The molecule has 1 atom stereocenters. The number of hydrogen-bond donors (Lipinski definition) is 1. The molecule has 1 fully saturated rings. The van der Waals surface area contributed by atoms with Gasteiger partial charge in [0.15, 0.2) is 5.69 Å². The quantitative estimate of drug-likeness (QED) is 0.916. The summed E-state index contributed by atoms with van der Waals surface area (Å²) in [4.78, 5) is 14.4. The lowest BCUT2D eigenvalue weighted by atomic mass is 9.91. The van der Waals surface area contributed by atoms with Crippen LogP contribution < -0.4 is 5.73 Å². The first-order valence-corrected chi connectivity index (χ1v) is 7.49. The highest BCUT2D eigenvalue weighted by molar-refractivity contribution is 5.92. The summed E-state index contributed by atoms with van der Waals surface area (Å²) in [5, 5.41) is 4.36. The van der Waals surface area contributed by atoms with Gasteiger partial charge in [0.05, 0.1) is 0 Å². The molecule has 1 unspecified atom stereocenters. The maximum atomic E-state index is 12.5. The molecule has 1 aliphatic heterocycles. The Labute approximate surface area is 121 Å². The van der Waals surface area contributed by atoms with Crippen LogP contribution in [0, 0.1) is 5.92 Å². The van der Waals surface area contributed by atoms with Gasteiger partial charge in [-0.25, -0.2) is 0 Å². The Bertz CT molecular complexity index is 470. The lowest BCUT2D eigenvalue weighted by molar-refractivity contribution is 0.0674. The fourth-order valence-electron chi connectivity index (χ4n) is 2.92. The molecule has 0 radical (unpaired) electrons. The van der Waals surface area contributed by atoms with Gasteiger partial charge >= 0.3 is 0 Å². The van der Waals surface area contributed by atoms with Gasteiger partial charge in [0.2, 0.25) is 0 Å². The van der Waals surface area contributed by atoms with E-state index in [1.54, 1.807) is 0 Å². The second-order valence-corrected chi connectivity index (χ2v) is 6.22. The Morgan fingerprint density at radius 1 is 1.35 bits per heavy atom. The van der Waals surface area contributed by atoms with Crippen LogP contribution in [-0.4, -0.2) is 39.7 Å². The number of aryl methyl sites for hydroxylation is 1. The van der Waals surface area contributed by atoms with Crippen LogP contribution in [0.1, 0.15) is 55.7 Å². The Morgan fingerprint density at radius 2 is 1.95 bits per heavy atom. The molecule has 0 saturated carbocycles. The molecule has 0 aromatic carbocycles. The topological polar surface area (TPSA) is 64.2 Å². The Balaban J connectivity index is 2.04. The molecule has 1 saturated heterocycles. The van der Waals surface area contributed by atoms with Crippen molar-refractivity contribution in [3.05, 3.63) is 17.5 Å². The SMILES string of the molecule is CC(C)c1cc(C(=O)N2CCC(C(C)N)CC2)nn1C. The van der Waals surface area contributed by atoms with Gasteiger partial charge in [-0.05, 0) is 37.7 Å². The summed E-state index contributed by atoms with van der Waals surface area (Å²) in [6.45, 7) is 7.85. The number of nitrogens with two attached hydrogens (primary N) is 1. The number of amides is 1. The smallest absolute Gasteiger partial charge is 0.274 e. The first-order chi connectivity index (χ1) is 9.40. The number of nitrogens with zero attached hydrogens (tertiary/aromatic N) is 3. The van der Waals surface area contributed by atoms with Gasteiger partial charge in [0, 0.05) is 31.9 Å². The van der Waals surface area contributed by atoms with Gasteiger partial charge < -0.3 is 10.6 Å². The van der Waals surface area contributed by atoms with E-state index in [1.807, 2.05) is 22.7 Å². The zero-order valence-corrected chi connectivity index (χ0v) is 13.0. The molecule has 5 heteroatoms. The standard InChI is InChI=1S/C15H26N4O/c1-10(2)14-9-13(17-18(14)4)15(20)19-7-5-12(6-8-19)11(3)16/h9-12H,5-8,16H2,1-4H3. The van der Waals surface area contributed by atoms with Crippen LogP contribution >= 0.6 is 0 Å². The molecular weight excluding hydrogens is 252 g/mol. The zero-order valence-electron chi connectivity index (χ0n) is 13.0. The van der Waals surface area contributed by atoms with Crippen molar-refractivity contribution >= 4 is 5.91 Å². The number of aromatic nitrogens is 2. The fraction of sp³-hybridized carbons (Fsp3) is 0.733. The van der Waals surface area contributed by atoms with Crippen LogP contribution in [-0.2, 0) is 7.05 Å². The van der Waals surface area contributed by atoms with E-state index >= 15 is 0 Å². The van der Waals surface area contributed by atoms with Crippen LogP contribution in [0.15, 0.2) is 6.07 Å². The van der Waals surface area contributed by atoms with Gasteiger partial charge in [-0.1, -0.05) is 13.8 Å². The molecule has 2 rings (SSSR count). The van der Waals surface area contributed by atoms with E-state index in [4.69, 9.17) is 5.73 Å². The largest absolute Gasteiger partial charge is 0.337 e. The highest BCUT2D eigenvalue weighted by Crippen LogP contribution is 2.22. The van der Waals surface area contributed by atoms with Gasteiger partial charge in [-0.3, -0.25) is 9.48 Å². The van der Waals surface area contributed by atoms with E-state index in [0.717, 1.165) is 31.6 Å². The molecule has 112 valence electrons. The number of hydrogen-bond acceptors (Lipinski definition) is 3. The maximum absolute atomic E-state index is 12.5. The third-order valence-electron chi connectivity index (χ3n) is 4.30. The molecule has 1 aromatic heterocycles. The van der Waals surface area contributed by atoms with Crippen molar-refractivity contribution in [1.29, 1.82) is 0 Å². The molecule has 1 amide bonds. The summed E-state index contributed by atoms with van der Waals surface area (Å²) in [6, 6.07) is 2.14. The normalized spacial score (nSPS) is 18.6. The Morgan fingerprint density at radius 3 is 2.40 bits per heavy atom. The van der Waals surface area contributed by atoms with Crippen LogP contribution in [0.3, 0.4) is 0 Å². The summed E-state index contributed by atoms with van der Waals surface area (Å²) in [7, 11) is 1.90. The Kier molecular flexibility index (Phi) is 4.48. The average Bonchev–Trinajstić information content (AvgIpc) is 2.80. The van der Waals surface area contributed by atoms with E-state index < -0.39 is 0 Å². The summed E-state index contributed by atoms with van der Waals surface area (Å²) >= 11 is 0. The van der Waals surface area contributed by atoms with E-state index in [-0.39, 0.29) is 11.9 Å². The van der Waals surface area contributed by atoms with Gasteiger partial charge in [0.1, 0.15) is 0 Å². The lowest BCUT2D eigenvalue weighted by Crippen LogP contribution is -2.42. The fourth-order valence-corrected chi connectivity index (χ4v) is 2.92. The minimum Gasteiger partial charge on any atom is -0.337 e. The van der Waals surface area contributed by atoms with E-state index in [0.29, 0.717) is 17.5 Å². The molecule has 5 nitrogen and oxygen atoms in total. The molecule has 0 bridgehead atoms. The molecule has 20 heavy (non-hydrogen) atoms. The van der Waals surface area contributed by atoms with Crippen LogP contribution in [0.25, 0.3) is 0 Å². The van der Waals surface area contributed by atoms with Crippen molar-refractivity contribution in [3.8, 4) is 0 Å².